The molecule has 0 bridgehead atoms. The highest BCUT2D eigenvalue weighted by Crippen LogP contribution is 2.37. The van der Waals surface area contributed by atoms with Crippen LogP contribution in [0.15, 0.2) is 12.1 Å². The van der Waals surface area contributed by atoms with Gasteiger partial charge in [0, 0.05) is 24.7 Å². The molecule has 0 radical (unpaired) electrons. The van der Waals surface area contributed by atoms with Crippen molar-refractivity contribution < 1.29 is 4.74 Å². The van der Waals surface area contributed by atoms with E-state index in [4.69, 9.17) is 4.74 Å². The average Bonchev–Trinajstić information content (AvgIpc) is 2.62. The average molecular weight is 260 g/mol. The van der Waals surface area contributed by atoms with Crippen LogP contribution in [0.5, 0.6) is 5.75 Å². The van der Waals surface area contributed by atoms with Gasteiger partial charge in [-0.05, 0) is 43.1 Å². The van der Waals surface area contributed by atoms with Crippen LogP contribution in [-0.4, -0.2) is 18.7 Å². The lowest BCUT2D eigenvalue weighted by Crippen LogP contribution is -2.11. The summed E-state index contributed by atoms with van der Waals surface area (Å²) in [5, 5.41) is 4.59. The Morgan fingerprint density at radius 3 is 2.53 bits per heavy atom. The van der Waals surface area contributed by atoms with Crippen molar-refractivity contribution in [2.24, 2.45) is 7.05 Å². The normalized spacial score (nSPS) is 11.5. The van der Waals surface area contributed by atoms with E-state index in [-0.39, 0.29) is 0 Å². The summed E-state index contributed by atoms with van der Waals surface area (Å²) in [6.45, 7) is 7.50. The van der Waals surface area contributed by atoms with E-state index in [9.17, 15) is 0 Å². The molecule has 0 unspecified atom stereocenters. The van der Waals surface area contributed by atoms with Gasteiger partial charge in [-0.2, -0.15) is 0 Å². The molecule has 1 N–H and O–H groups in total. The molecule has 1 heterocycles. The highest BCUT2D eigenvalue weighted by Gasteiger charge is 2.20. The van der Waals surface area contributed by atoms with Gasteiger partial charge in [-0.25, -0.2) is 0 Å². The zero-order valence-corrected chi connectivity index (χ0v) is 12.8. The third-order valence-electron chi connectivity index (χ3n) is 3.70. The molecule has 2 rings (SSSR count). The molecule has 0 spiro atoms. The molecule has 0 amide bonds. The minimum Gasteiger partial charge on any atom is -0.495 e. The minimum absolute atomic E-state index is 0.499. The van der Waals surface area contributed by atoms with Crippen molar-refractivity contribution in [3.05, 3.63) is 29.0 Å². The van der Waals surface area contributed by atoms with E-state index in [2.05, 4.69) is 49.8 Å². The molecule has 0 aliphatic rings. The highest BCUT2D eigenvalue weighted by atomic mass is 16.5. The first-order chi connectivity index (χ1) is 9.01. The van der Waals surface area contributed by atoms with Crippen LogP contribution in [-0.2, 0) is 13.6 Å². The van der Waals surface area contributed by atoms with Crippen molar-refractivity contribution in [2.75, 3.05) is 14.2 Å². The van der Waals surface area contributed by atoms with Crippen LogP contribution < -0.4 is 10.1 Å². The quantitative estimate of drug-likeness (QED) is 0.912. The highest BCUT2D eigenvalue weighted by molar-refractivity contribution is 5.91. The summed E-state index contributed by atoms with van der Waals surface area (Å²) >= 11 is 0. The SMILES string of the molecule is CNCc1c(C(C)C)c2cc(C)cc(OC)c2n1C. The Morgan fingerprint density at radius 1 is 1.32 bits per heavy atom. The lowest BCUT2D eigenvalue weighted by atomic mass is 9.98. The lowest BCUT2D eigenvalue weighted by Gasteiger charge is -2.10. The number of benzene rings is 1. The van der Waals surface area contributed by atoms with Gasteiger partial charge in [0.2, 0.25) is 0 Å². The molecule has 2 aromatic rings. The number of fused-ring (bicyclic) bond motifs is 1. The van der Waals surface area contributed by atoms with Crippen LogP contribution in [0.25, 0.3) is 10.9 Å². The largest absolute Gasteiger partial charge is 0.495 e. The van der Waals surface area contributed by atoms with E-state index in [1.54, 1.807) is 7.11 Å². The fourth-order valence-electron chi connectivity index (χ4n) is 2.95. The van der Waals surface area contributed by atoms with Crippen LogP contribution in [0.3, 0.4) is 0 Å². The Morgan fingerprint density at radius 2 is 2.00 bits per heavy atom. The van der Waals surface area contributed by atoms with Crippen LogP contribution in [0.2, 0.25) is 0 Å². The molecule has 0 atom stereocenters. The Bertz CT molecular complexity index is 597. The van der Waals surface area contributed by atoms with Crippen molar-refractivity contribution in [1.29, 1.82) is 0 Å². The number of hydrogen-bond donors (Lipinski definition) is 1. The number of hydrogen-bond acceptors (Lipinski definition) is 2. The third kappa shape index (κ3) is 2.23. The predicted molar refractivity (Wildman–Crippen MR) is 81.1 cm³/mol. The maximum atomic E-state index is 5.57. The van der Waals surface area contributed by atoms with E-state index in [1.807, 2.05) is 7.05 Å². The molecule has 1 aromatic carbocycles. The zero-order valence-electron chi connectivity index (χ0n) is 12.8. The number of rotatable bonds is 4. The first kappa shape index (κ1) is 13.9. The summed E-state index contributed by atoms with van der Waals surface area (Å²) in [7, 11) is 5.86. The first-order valence-electron chi connectivity index (χ1n) is 6.81. The summed E-state index contributed by atoms with van der Waals surface area (Å²) in [6, 6.07) is 4.38. The summed E-state index contributed by atoms with van der Waals surface area (Å²) in [5.74, 6) is 1.46. The molecule has 0 saturated heterocycles. The van der Waals surface area contributed by atoms with E-state index < -0.39 is 0 Å². The zero-order chi connectivity index (χ0) is 14.2. The molecular weight excluding hydrogens is 236 g/mol. The molecule has 0 fully saturated rings. The third-order valence-corrected chi connectivity index (χ3v) is 3.70. The van der Waals surface area contributed by atoms with Gasteiger partial charge in [0.15, 0.2) is 0 Å². The molecular formula is C16H24N2O. The number of ether oxygens (including phenoxy) is 1. The monoisotopic (exact) mass is 260 g/mol. The van der Waals surface area contributed by atoms with E-state index in [0.29, 0.717) is 5.92 Å². The van der Waals surface area contributed by atoms with Gasteiger partial charge in [0.1, 0.15) is 5.75 Å². The summed E-state index contributed by atoms with van der Waals surface area (Å²) in [5.41, 5.74) is 5.21. The Labute approximate surface area is 115 Å². The van der Waals surface area contributed by atoms with Crippen LogP contribution >= 0.6 is 0 Å². The molecule has 19 heavy (non-hydrogen) atoms. The Kier molecular flexibility index (Phi) is 3.85. The molecule has 0 aliphatic heterocycles. The van der Waals surface area contributed by atoms with Gasteiger partial charge >= 0.3 is 0 Å². The van der Waals surface area contributed by atoms with Gasteiger partial charge in [0.05, 0.1) is 12.6 Å². The number of aromatic nitrogens is 1. The van der Waals surface area contributed by atoms with Crippen molar-refractivity contribution in [3.63, 3.8) is 0 Å². The fourth-order valence-corrected chi connectivity index (χ4v) is 2.95. The molecule has 1 aromatic heterocycles. The van der Waals surface area contributed by atoms with Gasteiger partial charge in [-0.15, -0.1) is 0 Å². The maximum Gasteiger partial charge on any atom is 0.143 e. The second kappa shape index (κ2) is 5.25. The second-order valence-corrected chi connectivity index (χ2v) is 5.47. The van der Waals surface area contributed by atoms with Crippen molar-refractivity contribution >= 4 is 10.9 Å². The van der Waals surface area contributed by atoms with Crippen LogP contribution in [0.4, 0.5) is 0 Å². The van der Waals surface area contributed by atoms with Crippen molar-refractivity contribution in [3.8, 4) is 5.75 Å². The molecule has 0 saturated carbocycles. The molecule has 0 aliphatic carbocycles. The van der Waals surface area contributed by atoms with Crippen molar-refractivity contribution in [1.82, 2.24) is 9.88 Å². The van der Waals surface area contributed by atoms with Crippen LogP contribution in [0.1, 0.15) is 36.6 Å². The van der Waals surface area contributed by atoms with E-state index in [0.717, 1.165) is 12.3 Å². The van der Waals surface area contributed by atoms with Gasteiger partial charge in [-0.1, -0.05) is 13.8 Å². The van der Waals surface area contributed by atoms with Crippen LogP contribution in [0, 0.1) is 6.92 Å². The van der Waals surface area contributed by atoms with Gasteiger partial charge < -0.3 is 14.6 Å². The minimum atomic E-state index is 0.499. The van der Waals surface area contributed by atoms with E-state index >= 15 is 0 Å². The topological polar surface area (TPSA) is 26.2 Å². The standard InChI is InChI=1S/C16H24N2O/c1-10(2)15-12-7-11(3)8-14(19-6)16(12)18(5)13(15)9-17-4/h7-8,10,17H,9H2,1-6H3. The van der Waals surface area contributed by atoms with Gasteiger partial charge in [0.25, 0.3) is 0 Å². The predicted octanol–water partition coefficient (Wildman–Crippen LogP) is 3.34. The van der Waals surface area contributed by atoms with Crippen molar-refractivity contribution in [2.45, 2.75) is 33.2 Å². The van der Waals surface area contributed by atoms with E-state index in [1.165, 1.54) is 27.7 Å². The second-order valence-electron chi connectivity index (χ2n) is 5.47. The number of aryl methyl sites for hydroxylation is 2. The molecule has 3 heteroatoms. The number of nitrogens with zero attached hydrogens (tertiary/aromatic N) is 1. The number of methoxy groups -OCH3 is 1. The Hall–Kier alpha value is -1.48. The smallest absolute Gasteiger partial charge is 0.143 e. The fraction of sp³-hybridized carbons (Fsp3) is 0.500. The molecule has 104 valence electrons. The lowest BCUT2D eigenvalue weighted by molar-refractivity contribution is 0.417. The summed E-state index contributed by atoms with van der Waals surface area (Å²) in [6.07, 6.45) is 0. The molecule has 3 nitrogen and oxygen atoms in total. The maximum absolute atomic E-state index is 5.57. The first-order valence-corrected chi connectivity index (χ1v) is 6.81. The van der Waals surface area contributed by atoms with Gasteiger partial charge in [-0.3, -0.25) is 0 Å². The summed E-state index contributed by atoms with van der Waals surface area (Å²) < 4.78 is 7.84. The summed E-state index contributed by atoms with van der Waals surface area (Å²) in [4.78, 5) is 0. The Balaban J connectivity index is 2.87. The number of nitrogens with one attached hydrogen (secondary N) is 1.